The van der Waals surface area contributed by atoms with Crippen molar-refractivity contribution >= 4 is 24.2 Å². The molecule has 0 spiro atoms. The fourth-order valence-electron chi connectivity index (χ4n) is 2.85. The minimum Gasteiger partial charge on any atom is -0.355 e. The molecule has 0 aliphatic carbocycles. The Balaban J connectivity index is 0.00000288. The van der Waals surface area contributed by atoms with Gasteiger partial charge in [-0.25, -0.2) is 9.97 Å². The maximum Gasteiger partial charge on any atom is 0.257 e. The number of carbonyl (C=O) groups excluding carboxylic acids is 2. The molecule has 24 heavy (non-hydrogen) atoms. The number of amides is 2. The largest absolute Gasteiger partial charge is 0.355 e. The molecule has 2 rings (SSSR count). The van der Waals surface area contributed by atoms with Crippen molar-refractivity contribution in [3.05, 3.63) is 23.8 Å². The molecule has 1 unspecified atom stereocenters. The van der Waals surface area contributed by atoms with Gasteiger partial charge in [0.25, 0.3) is 5.91 Å². The van der Waals surface area contributed by atoms with Crippen molar-refractivity contribution < 1.29 is 9.59 Å². The Labute approximate surface area is 148 Å². The molecule has 0 saturated carbocycles. The minimum absolute atomic E-state index is 0. The standard InChI is InChI=1S/C16H25N5O2.ClH/c1-11(2)14-13(8-18-10-20-14)16(23)21-7-3-4-12(9-21)15(22)19-6-5-17;/h8,10-12H,3-7,9,17H2,1-2H3,(H,19,22);1H. The first-order valence-corrected chi connectivity index (χ1v) is 8.11. The number of likely N-dealkylation sites (tertiary alicyclic amines) is 1. The van der Waals surface area contributed by atoms with Crippen molar-refractivity contribution in [3.8, 4) is 0 Å². The Morgan fingerprint density at radius 1 is 1.46 bits per heavy atom. The van der Waals surface area contributed by atoms with E-state index in [-0.39, 0.29) is 36.1 Å². The van der Waals surface area contributed by atoms with Crippen LogP contribution in [0.25, 0.3) is 0 Å². The molecular weight excluding hydrogens is 330 g/mol. The van der Waals surface area contributed by atoms with Crippen molar-refractivity contribution in [3.63, 3.8) is 0 Å². The van der Waals surface area contributed by atoms with Crippen LogP contribution in [0, 0.1) is 5.92 Å². The van der Waals surface area contributed by atoms with Crippen molar-refractivity contribution in [1.29, 1.82) is 0 Å². The second kappa shape index (κ2) is 9.54. The first-order valence-electron chi connectivity index (χ1n) is 8.11. The van der Waals surface area contributed by atoms with Crippen LogP contribution in [0.1, 0.15) is 48.7 Å². The van der Waals surface area contributed by atoms with E-state index >= 15 is 0 Å². The van der Waals surface area contributed by atoms with Crippen molar-refractivity contribution in [1.82, 2.24) is 20.2 Å². The topological polar surface area (TPSA) is 101 Å². The van der Waals surface area contributed by atoms with Crippen LogP contribution < -0.4 is 11.1 Å². The van der Waals surface area contributed by atoms with Crippen LogP contribution in [-0.4, -0.2) is 52.9 Å². The number of halogens is 1. The summed E-state index contributed by atoms with van der Waals surface area (Å²) in [6.45, 7) is 5.97. The van der Waals surface area contributed by atoms with Gasteiger partial charge in [0, 0.05) is 32.4 Å². The molecule has 1 saturated heterocycles. The molecular formula is C16H26ClN5O2. The number of piperidine rings is 1. The number of hydrogen-bond acceptors (Lipinski definition) is 5. The van der Waals surface area contributed by atoms with E-state index < -0.39 is 0 Å². The number of aromatic nitrogens is 2. The average molecular weight is 356 g/mol. The maximum absolute atomic E-state index is 12.8. The number of carbonyl (C=O) groups is 2. The Morgan fingerprint density at radius 2 is 2.21 bits per heavy atom. The Kier molecular flexibility index (Phi) is 8.07. The van der Waals surface area contributed by atoms with Gasteiger partial charge in [0.1, 0.15) is 6.33 Å². The molecule has 0 bridgehead atoms. The van der Waals surface area contributed by atoms with Gasteiger partial charge in [0.2, 0.25) is 5.91 Å². The zero-order valence-electron chi connectivity index (χ0n) is 14.2. The minimum atomic E-state index is -0.175. The van der Waals surface area contributed by atoms with Crippen LogP contribution in [0.5, 0.6) is 0 Å². The lowest BCUT2D eigenvalue weighted by molar-refractivity contribution is -0.126. The molecule has 1 atom stereocenters. The first kappa shape index (κ1) is 20.3. The van der Waals surface area contributed by atoms with Gasteiger partial charge in [-0.2, -0.15) is 0 Å². The average Bonchev–Trinajstić information content (AvgIpc) is 2.59. The summed E-state index contributed by atoms with van der Waals surface area (Å²) in [7, 11) is 0. The lowest BCUT2D eigenvalue weighted by Crippen LogP contribution is -2.46. The number of hydrogen-bond donors (Lipinski definition) is 2. The molecule has 1 aliphatic rings. The highest BCUT2D eigenvalue weighted by Gasteiger charge is 2.30. The third-order valence-corrected chi connectivity index (χ3v) is 4.04. The van der Waals surface area contributed by atoms with Gasteiger partial charge in [0.15, 0.2) is 0 Å². The molecule has 7 nitrogen and oxygen atoms in total. The van der Waals surface area contributed by atoms with E-state index in [0.717, 1.165) is 18.5 Å². The first-order chi connectivity index (χ1) is 11.0. The van der Waals surface area contributed by atoms with Crippen LogP contribution in [0.4, 0.5) is 0 Å². The van der Waals surface area contributed by atoms with E-state index in [9.17, 15) is 9.59 Å². The Bertz CT molecular complexity index is 567. The molecule has 1 aromatic rings. The summed E-state index contributed by atoms with van der Waals surface area (Å²) < 4.78 is 0. The van der Waals surface area contributed by atoms with Crippen LogP contribution >= 0.6 is 12.4 Å². The highest BCUT2D eigenvalue weighted by atomic mass is 35.5. The molecule has 3 N–H and O–H groups in total. The van der Waals surface area contributed by atoms with Crippen LogP contribution in [-0.2, 0) is 4.79 Å². The van der Waals surface area contributed by atoms with Crippen LogP contribution in [0.15, 0.2) is 12.5 Å². The third-order valence-electron chi connectivity index (χ3n) is 4.04. The van der Waals surface area contributed by atoms with Crippen molar-refractivity contribution in [2.75, 3.05) is 26.2 Å². The van der Waals surface area contributed by atoms with Crippen molar-refractivity contribution in [2.24, 2.45) is 11.7 Å². The number of rotatable bonds is 5. The molecule has 134 valence electrons. The lowest BCUT2D eigenvalue weighted by Gasteiger charge is -2.32. The normalized spacial score (nSPS) is 17.3. The van der Waals surface area contributed by atoms with E-state index in [4.69, 9.17) is 5.73 Å². The summed E-state index contributed by atoms with van der Waals surface area (Å²) in [6.07, 6.45) is 4.65. The molecule has 2 heterocycles. The van der Waals surface area contributed by atoms with Crippen molar-refractivity contribution in [2.45, 2.75) is 32.6 Å². The summed E-state index contributed by atoms with van der Waals surface area (Å²) in [4.78, 5) is 34.9. The smallest absolute Gasteiger partial charge is 0.257 e. The third kappa shape index (κ3) is 4.88. The zero-order valence-corrected chi connectivity index (χ0v) is 15.0. The predicted molar refractivity (Wildman–Crippen MR) is 94.1 cm³/mol. The zero-order chi connectivity index (χ0) is 16.8. The molecule has 1 fully saturated rings. The predicted octanol–water partition coefficient (Wildman–Crippen LogP) is 0.949. The quantitative estimate of drug-likeness (QED) is 0.818. The molecule has 8 heteroatoms. The van der Waals surface area contributed by atoms with E-state index in [1.54, 1.807) is 11.1 Å². The summed E-state index contributed by atoms with van der Waals surface area (Å²) in [6, 6.07) is 0. The van der Waals surface area contributed by atoms with E-state index in [1.807, 2.05) is 13.8 Å². The van der Waals surface area contributed by atoms with Crippen LogP contribution in [0.2, 0.25) is 0 Å². The van der Waals surface area contributed by atoms with Crippen LogP contribution in [0.3, 0.4) is 0 Å². The lowest BCUT2D eigenvalue weighted by atomic mass is 9.96. The van der Waals surface area contributed by atoms with E-state index in [1.165, 1.54) is 6.33 Å². The fraction of sp³-hybridized carbons (Fsp3) is 0.625. The maximum atomic E-state index is 12.8. The number of nitrogens with two attached hydrogens (primary N) is 1. The Morgan fingerprint density at radius 3 is 2.88 bits per heavy atom. The summed E-state index contributed by atoms with van der Waals surface area (Å²) in [5.74, 6) is -0.149. The fourth-order valence-corrected chi connectivity index (χ4v) is 2.85. The highest BCUT2D eigenvalue weighted by molar-refractivity contribution is 5.95. The number of nitrogens with zero attached hydrogens (tertiary/aromatic N) is 3. The second-order valence-corrected chi connectivity index (χ2v) is 6.15. The Hall–Kier alpha value is -1.73. The second-order valence-electron chi connectivity index (χ2n) is 6.15. The monoisotopic (exact) mass is 355 g/mol. The van der Waals surface area contributed by atoms with E-state index in [0.29, 0.717) is 31.7 Å². The van der Waals surface area contributed by atoms with Gasteiger partial charge in [0.05, 0.1) is 17.2 Å². The van der Waals surface area contributed by atoms with Gasteiger partial charge >= 0.3 is 0 Å². The summed E-state index contributed by atoms with van der Waals surface area (Å²) >= 11 is 0. The number of nitrogens with one attached hydrogen (secondary N) is 1. The van der Waals surface area contributed by atoms with Gasteiger partial charge < -0.3 is 16.0 Å². The van der Waals surface area contributed by atoms with Gasteiger partial charge in [-0.15, -0.1) is 12.4 Å². The molecule has 1 aromatic heterocycles. The molecule has 0 radical (unpaired) electrons. The summed E-state index contributed by atoms with van der Waals surface area (Å²) in [5.41, 5.74) is 6.69. The molecule has 1 aliphatic heterocycles. The summed E-state index contributed by atoms with van der Waals surface area (Å²) in [5, 5.41) is 2.80. The van der Waals surface area contributed by atoms with Gasteiger partial charge in [-0.3, -0.25) is 9.59 Å². The molecule has 2 amide bonds. The highest BCUT2D eigenvalue weighted by Crippen LogP contribution is 2.22. The SMILES string of the molecule is CC(C)c1ncncc1C(=O)N1CCCC(C(=O)NCCN)C1.Cl. The van der Waals surface area contributed by atoms with E-state index in [2.05, 4.69) is 15.3 Å². The van der Waals surface area contributed by atoms with Gasteiger partial charge in [-0.1, -0.05) is 13.8 Å². The molecule has 0 aromatic carbocycles. The van der Waals surface area contributed by atoms with Gasteiger partial charge in [-0.05, 0) is 18.8 Å².